The summed E-state index contributed by atoms with van der Waals surface area (Å²) in [5.74, 6) is -0.600. The Morgan fingerprint density at radius 2 is 1.68 bits per heavy atom. The second-order valence-electron chi connectivity index (χ2n) is 9.86. The van der Waals surface area contributed by atoms with Gasteiger partial charge in [0, 0.05) is 11.7 Å². The van der Waals surface area contributed by atoms with Crippen molar-refractivity contribution in [1.82, 2.24) is 10.2 Å². The predicted molar refractivity (Wildman–Crippen MR) is 132 cm³/mol. The van der Waals surface area contributed by atoms with Crippen molar-refractivity contribution in [1.29, 1.82) is 0 Å². The largest absolute Gasteiger partial charge is 0.444 e. The van der Waals surface area contributed by atoms with E-state index in [1.54, 1.807) is 25.7 Å². The Kier molecular flexibility index (Phi) is 7.97. The lowest BCUT2D eigenvalue weighted by Crippen LogP contribution is -2.53. The van der Waals surface area contributed by atoms with Crippen LogP contribution in [-0.4, -0.2) is 41.0 Å². The summed E-state index contributed by atoms with van der Waals surface area (Å²) in [6, 6.07) is 14.3. The highest BCUT2D eigenvalue weighted by molar-refractivity contribution is 5.99. The Morgan fingerprint density at radius 1 is 1.03 bits per heavy atom. The molecule has 0 aliphatic heterocycles. The van der Waals surface area contributed by atoms with Crippen molar-refractivity contribution in [3.63, 3.8) is 0 Å². The number of nitrogens with zero attached hydrogens (tertiary/aromatic N) is 1. The Balaban J connectivity index is 1.89. The second-order valence-corrected chi connectivity index (χ2v) is 9.86. The van der Waals surface area contributed by atoms with E-state index in [-0.39, 0.29) is 24.4 Å². The summed E-state index contributed by atoms with van der Waals surface area (Å²) in [5.41, 5.74) is 2.77. The zero-order chi connectivity index (χ0) is 24.9. The van der Waals surface area contributed by atoms with E-state index < -0.39 is 17.7 Å². The number of para-hydroxylation sites is 1. The van der Waals surface area contributed by atoms with Crippen LogP contribution in [0, 0.1) is 13.8 Å². The lowest BCUT2D eigenvalue weighted by Gasteiger charge is -2.42. The van der Waals surface area contributed by atoms with E-state index in [4.69, 9.17) is 4.74 Å². The number of hydrogen-bond acceptors (Lipinski definition) is 4. The van der Waals surface area contributed by atoms with Crippen LogP contribution in [0.5, 0.6) is 0 Å². The summed E-state index contributed by atoms with van der Waals surface area (Å²) in [6.45, 7) is 8.95. The van der Waals surface area contributed by atoms with Gasteiger partial charge in [-0.25, -0.2) is 4.79 Å². The molecular formula is C27H35N3O4. The Bertz CT molecular complexity index is 1020. The number of rotatable bonds is 7. The van der Waals surface area contributed by atoms with Crippen molar-refractivity contribution in [3.05, 3.63) is 65.2 Å². The minimum absolute atomic E-state index is 0.0677. The maximum absolute atomic E-state index is 13.6. The fraction of sp³-hybridized carbons (Fsp3) is 0.444. The number of hydrogen-bond donors (Lipinski definition) is 2. The topological polar surface area (TPSA) is 87.7 Å². The molecular weight excluding hydrogens is 430 g/mol. The average molecular weight is 466 g/mol. The highest BCUT2D eigenvalue weighted by Crippen LogP contribution is 2.34. The molecule has 2 aromatic rings. The standard InChI is InChI=1S/C27H35N3O4/c1-18-13-15-20(16-14-18)24(25(32)29-22-12-7-6-9-19(22)2)30(21-10-8-11-21)23(31)17-28-26(33)34-27(3,4)5/h6-7,9,12-16,21,24H,8,10-11,17H2,1-5H3,(H,28,33)(H,29,32). The molecule has 0 aromatic heterocycles. The van der Waals surface area contributed by atoms with Crippen molar-refractivity contribution in [3.8, 4) is 0 Å². The first-order valence-electron chi connectivity index (χ1n) is 11.8. The smallest absolute Gasteiger partial charge is 0.408 e. The molecule has 0 bridgehead atoms. The molecule has 0 spiro atoms. The quantitative estimate of drug-likeness (QED) is 0.610. The van der Waals surface area contributed by atoms with Gasteiger partial charge in [-0.15, -0.1) is 0 Å². The van der Waals surface area contributed by atoms with Crippen molar-refractivity contribution in [2.75, 3.05) is 11.9 Å². The Morgan fingerprint density at radius 3 is 2.24 bits per heavy atom. The third-order valence-corrected chi connectivity index (χ3v) is 5.86. The van der Waals surface area contributed by atoms with Crippen LogP contribution in [0.15, 0.2) is 48.5 Å². The van der Waals surface area contributed by atoms with E-state index in [9.17, 15) is 14.4 Å². The van der Waals surface area contributed by atoms with E-state index in [1.807, 2.05) is 62.4 Å². The molecule has 2 aromatic carbocycles. The van der Waals surface area contributed by atoms with Gasteiger partial charge in [-0.1, -0.05) is 48.0 Å². The summed E-state index contributed by atoms with van der Waals surface area (Å²) in [4.78, 5) is 40.9. The van der Waals surface area contributed by atoms with Gasteiger partial charge in [-0.3, -0.25) is 9.59 Å². The van der Waals surface area contributed by atoms with Crippen LogP contribution >= 0.6 is 0 Å². The fourth-order valence-corrected chi connectivity index (χ4v) is 3.88. The van der Waals surface area contributed by atoms with E-state index in [0.29, 0.717) is 5.69 Å². The van der Waals surface area contributed by atoms with Crippen LogP contribution in [-0.2, 0) is 14.3 Å². The van der Waals surface area contributed by atoms with Crippen LogP contribution in [0.4, 0.5) is 10.5 Å². The number of nitrogens with one attached hydrogen (secondary N) is 2. The minimum Gasteiger partial charge on any atom is -0.444 e. The van der Waals surface area contributed by atoms with E-state index in [1.165, 1.54) is 0 Å². The molecule has 3 amide bonds. The number of aryl methyl sites for hydroxylation is 2. The number of alkyl carbamates (subject to hydrolysis) is 1. The van der Waals surface area contributed by atoms with Gasteiger partial charge in [0.1, 0.15) is 18.2 Å². The van der Waals surface area contributed by atoms with Gasteiger partial charge in [0.2, 0.25) is 5.91 Å². The fourth-order valence-electron chi connectivity index (χ4n) is 3.88. The average Bonchev–Trinajstić information content (AvgIpc) is 2.72. The van der Waals surface area contributed by atoms with Crippen LogP contribution < -0.4 is 10.6 Å². The third-order valence-electron chi connectivity index (χ3n) is 5.86. The lowest BCUT2D eigenvalue weighted by molar-refractivity contribution is -0.143. The van der Waals surface area contributed by atoms with Gasteiger partial charge < -0.3 is 20.3 Å². The van der Waals surface area contributed by atoms with Gasteiger partial charge in [-0.05, 0) is 71.1 Å². The zero-order valence-electron chi connectivity index (χ0n) is 20.7. The summed E-state index contributed by atoms with van der Waals surface area (Å²) in [5, 5.41) is 5.56. The maximum atomic E-state index is 13.6. The first-order chi connectivity index (χ1) is 16.0. The number of anilines is 1. The molecule has 1 atom stereocenters. The molecule has 7 nitrogen and oxygen atoms in total. The van der Waals surface area contributed by atoms with E-state index in [2.05, 4.69) is 10.6 Å². The third kappa shape index (κ3) is 6.59. The van der Waals surface area contributed by atoms with Crippen molar-refractivity contribution in [2.24, 2.45) is 0 Å². The van der Waals surface area contributed by atoms with Crippen molar-refractivity contribution < 1.29 is 19.1 Å². The molecule has 1 aliphatic carbocycles. The summed E-state index contributed by atoms with van der Waals surface area (Å²) in [6.07, 6.45) is 1.97. The SMILES string of the molecule is Cc1ccc(C(C(=O)Nc2ccccc2C)N(C(=O)CNC(=O)OC(C)(C)C)C2CCC2)cc1. The van der Waals surface area contributed by atoms with Gasteiger partial charge >= 0.3 is 6.09 Å². The molecule has 0 radical (unpaired) electrons. The molecule has 1 saturated carbocycles. The van der Waals surface area contributed by atoms with Crippen LogP contribution in [0.3, 0.4) is 0 Å². The van der Waals surface area contributed by atoms with Crippen molar-refractivity contribution in [2.45, 2.75) is 71.6 Å². The number of benzene rings is 2. The molecule has 7 heteroatoms. The number of ether oxygens (including phenoxy) is 1. The van der Waals surface area contributed by atoms with E-state index >= 15 is 0 Å². The Labute approximate surface area is 201 Å². The molecule has 34 heavy (non-hydrogen) atoms. The molecule has 0 heterocycles. The van der Waals surface area contributed by atoms with Crippen LogP contribution in [0.1, 0.15) is 62.8 Å². The van der Waals surface area contributed by atoms with Gasteiger partial charge in [0.15, 0.2) is 0 Å². The molecule has 1 aliphatic rings. The summed E-state index contributed by atoms with van der Waals surface area (Å²) < 4.78 is 5.27. The maximum Gasteiger partial charge on any atom is 0.408 e. The summed E-state index contributed by atoms with van der Waals surface area (Å²) >= 11 is 0. The molecule has 182 valence electrons. The number of carbonyl (C=O) groups excluding carboxylic acids is 3. The van der Waals surface area contributed by atoms with Crippen LogP contribution in [0.25, 0.3) is 0 Å². The highest BCUT2D eigenvalue weighted by Gasteiger charge is 2.39. The van der Waals surface area contributed by atoms with Gasteiger partial charge in [0.25, 0.3) is 5.91 Å². The van der Waals surface area contributed by atoms with Gasteiger partial charge in [0.05, 0.1) is 0 Å². The second kappa shape index (κ2) is 10.7. The Hall–Kier alpha value is -3.35. The van der Waals surface area contributed by atoms with Crippen molar-refractivity contribution >= 4 is 23.6 Å². The summed E-state index contributed by atoms with van der Waals surface area (Å²) in [7, 11) is 0. The molecule has 1 fully saturated rings. The zero-order valence-corrected chi connectivity index (χ0v) is 20.7. The highest BCUT2D eigenvalue weighted by atomic mass is 16.6. The molecule has 0 saturated heterocycles. The molecule has 3 rings (SSSR count). The normalized spacial score (nSPS) is 14.5. The number of carbonyl (C=O) groups is 3. The monoisotopic (exact) mass is 465 g/mol. The molecule has 1 unspecified atom stereocenters. The predicted octanol–water partition coefficient (Wildman–Crippen LogP) is 4.89. The lowest BCUT2D eigenvalue weighted by atomic mass is 9.88. The number of amides is 3. The van der Waals surface area contributed by atoms with E-state index in [0.717, 1.165) is 36.0 Å². The first-order valence-corrected chi connectivity index (χ1v) is 11.8. The minimum atomic E-state index is -0.821. The first kappa shape index (κ1) is 25.3. The van der Waals surface area contributed by atoms with Crippen LogP contribution in [0.2, 0.25) is 0 Å². The van der Waals surface area contributed by atoms with Gasteiger partial charge in [-0.2, -0.15) is 0 Å². The molecule has 2 N–H and O–H groups in total.